The van der Waals surface area contributed by atoms with Crippen LogP contribution < -0.4 is 20.1 Å². The zero-order valence-electron chi connectivity index (χ0n) is 22.1. The summed E-state index contributed by atoms with van der Waals surface area (Å²) in [5.74, 6) is 0.310. The lowest BCUT2D eigenvalue weighted by Crippen LogP contribution is -2.69. The van der Waals surface area contributed by atoms with E-state index in [9.17, 15) is 13.2 Å². The number of piperidine rings is 1. The van der Waals surface area contributed by atoms with E-state index in [1.165, 1.54) is 12.1 Å². The maximum absolute atomic E-state index is 13.9. The summed E-state index contributed by atoms with van der Waals surface area (Å²) in [6, 6.07) is 24.3. The molecule has 0 radical (unpaired) electrons. The number of likely N-dealkylation sites (tertiary alicyclic amines) is 1. The molecule has 0 aromatic heterocycles. The van der Waals surface area contributed by atoms with Gasteiger partial charge in [0.25, 0.3) is 0 Å². The van der Waals surface area contributed by atoms with Crippen LogP contribution in [0.3, 0.4) is 0 Å². The fourth-order valence-corrected chi connectivity index (χ4v) is 9.70. The van der Waals surface area contributed by atoms with Crippen molar-refractivity contribution in [2.75, 3.05) is 20.1 Å². The predicted molar refractivity (Wildman–Crippen MR) is 147 cm³/mol. The molecule has 0 spiro atoms. The molecule has 0 amide bonds. The Morgan fingerprint density at radius 1 is 0.865 bits per heavy atom. The van der Waals surface area contributed by atoms with Crippen LogP contribution in [0.25, 0.3) is 0 Å². The monoisotopic (exact) mass is 526 g/mol. The van der Waals surface area contributed by atoms with Crippen LogP contribution in [0.4, 0.5) is 13.2 Å². The molecular weight excluding hydrogens is 489 g/mol. The van der Waals surface area contributed by atoms with Crippen molar-refractivity contribution in [1.29, 1.82) is 0 Å². The van der Waals surface area contributed by atoms with Crippen LogP contribution in [0.2, 0.25) is 5.04 Å². The third kappa shape index (κ3) is 6.11. The Morgan fingerprint density at radius 2 is 1.41 bits per heavy atom. The predicted octanol–water partition coefficient (Wildman–Crippen LogP) is 5.83. The Bertz CT molecular complexity index is 1120. The Morgan fingerprint density at radius 3 is 1.89 bits per heavy atom. The number of halogens is 3. The molecule has 1 saturated heterocycles. The number of nitrogens with one attached hydrogen (secondary N) is 1. The molecule has 1 aliphatic heterocycles. The molecule has 1 N–H and O–H groups in total. The van der Waals surface area contributed by atoms with Crippen molar-refractivity contribution < 1.29 is 17.6 Å². The third-order valence-corrected chi connectivity index (χ3v) is 12.3. The lowest BCUT2D eigenvalue weighted by molar-refractivity contribution is -0.137. The lowest BCUT2D eigenvalue weighted by atomic mass is 10.0. The number of rotatable bonds is 7. The molecule has 0 unspecified atom stereocenters. The maximum atomic E-state index is 13.9. The van der Waals surface area contributed by atoms with Gasteiger partial charge >= 0.3 is 14.5 Å². The van der Waals surface area contributed by atoms with Gasteiger partial charge in [0.05, 0.1) is 5.56 Å². The Hall–Kier alpha value is -2.61. The van der Waals surface area contributed by atoms with Crippen LogP contribution in [0, 0.1) is 0 Å². The zero-order chi connectivity index (χ0) is 26.7. The van der Waals surface area contributed by atoms with Gasteiger partial charge in [-0.2, -0.15) is 13.2 Å². The van der Waals surface area contributed by atoms with Crippen molar-refractivity contribution in [3.8, 4) is 5.75 Å². The van der Waals surface area contributed by atoms with Crippen LogP contribution in [-0.2, 0) is 12.7 Å². The van der Waals surface area contributed by atoms with Crippen molar-refractivity contribution in [2.45, 2.75) is 57.4 Å². The summed E-state index contributed by atoms with van der Waals surface area (Å²) in [6.45, 7) is 8.86. The summed E-state index contributed by atoms with van der Waals surface area (Å²) in [5.41, 5.74) is 0.0587. The standard InChI is InChI=1S/C30H37F3N2OSi/c1-29(2,3)37(26-11-7-5-8-12-26,27-13-9-6-10-14-27)36-28-21-24(30(31,32)33)16-15-23(28)22-34-25-17-19-35(4)20-18-25/h5-16,21,25,34H,17-20,22H2,1-4H3. The SMILES string of the molecule is CN1CCC(NCc2ccc(C(F)(F)F)cc2O[Si](c2ccccc2)(c2ccccc2)C(C)(C)C)CC1. The molecule has 0 aliphatic carbocycles. The van der Waals surface area contributed by atoms with E-state index < -0.39 is 20.1 Å². The molecular formula is C30H37F3N2OSi. The highest BCUT2D eigenvalue weighted by Gasteiger charge is 2.52. The molecule has 3 aromatic rings. The molecule has 4 rings (SSSR count). The Kier molecular flexibility index (Phi) is 8.16. The van der Waals surface area contributed by atoms with Crippen LogP contribution in [0.5, 0.6) is 5.75 Å². The summed E-state index contributed by atoms with van der Waals surface area (Å²) in [7, 11) is -0.970. The molecule has 1 fully saturated rings. The Labute approximate surface area is 219 Å². The van der Waals surface area contributed by atoms with Crippen LogP contribution in [0.15, 0.2) is 78.9 Å². The van der Waals surface area contributed by atoms with E-state index in [1.807, 2.05) is 36.4 Å². The molecule has 1 heterocycles. The van der Waals surface area contributed by atoms with Gasteiger partial charge in [-0.1, -0.05) is 87.5 Å². The summed E-state index contributed by atoms with van der Waals surface area (Å²) >= 11 is 0. The molecule has 3 nitrogen and oxygen atoms in total. The fourth-order valence-electron chi connectivity index (χ4n) is 5.25. The first-order valence-corrected chi connectivity index (χ1v) is 14.8. The number of nitrogens with zero attached hydrogens (tertiary/aromatic N) is 1. The minimum Gasteiger partial charge on any atom is -0.534 e. The minimum absolute atomic E-state index is 0.310. The van der Waals surface area contributed by atoms with Crippen LogP contribution in [0.1, 0.15) is 44.7 Å². The van der Waals surface area contributed by atoms with E-state index in [0.717, 1.165) is 41.9 Å². The smallest absolute Gasteiger partial charge is 0.416 e. The van der Waals surface area contributed by atoms with Gasteiger partial charge in [-0.25, -0.2) is 0 Å². The van der Waals surface area contributed by atoms with Crippen molar-refractivity contribution >= 4 is 18.7 Å². The van der Waals surface area contributed by atoms with Gasteiger partial charge < -0.3 is 14.6 Å². The van der Waals surface area contributed by atoms with Gasteiger partial charge in [0.2, 0.25) is 0 Å². The second-order valence-electron chi connectivity index (χ2n) is 11.0. The first kappa shape index (κ1) is 27.4. The highest BCUT2D eigenvalue weighted by atomic mass is 28.4. The highest BCUT2D eigenvalue weighted by molar-refractivity contribution is 7.00. The van der Waals surface area contributed by atoms with Crippen molar-refractivity contribution in [1.82, 2.24) is 10.2 Å². The van der Waals surface area contributed by atoms with Gasteiger partial charge in [0.15, 0.2) is 0 Å². The number of hydrogen-bond donors (Lipinski definition) is 1. The van der Waals surface area contributed by atoms with Crippen LogP contribution >= 0.6 is 0 Å². The molecule has 0 bridgehead atoms. The lowest BCUT2D eigenvalue weighted by Gasteiger charge is -2.43. The molecule has 1 aliphatic rings. The number of benzene rings is 3. The average Bonchev–Trinajstić information content (AvgIpc) is 2.87. The van der Waals surface area contributed by atoms with E-state index in [4.69, 9.17) is 4.43 Å². The summed E-state index contributed by atoms with van der Waals surface area (Å²) in [6.07, 6.45) is -2.42. The van der Waals surface area contributed by atoms with Crippen molar-refractivity contribution in [3.05, 3.63) is 90.0 Å². The summed E-state index contributed by atoms with van der Waals surface area (Å²) in [4.78, 5) is 2.30. The molecule has 37 heavy (non-hydrogen) atoms. The highest BCUT2D eigenvalue weighted by Crippen LogP contribution is 2.40. The van der Waals surface area contributed by atoms with E-state index >= 15 is 0 Å². The van der Waals surface area contributed by atoms with Gasteiger partial charge in [0, 0.05) is 18.2 Å². The molecule has 198 valence electrons. The number of alkyl halides is 3. The topological polar surface area (TPSA) is 24.5 Å². The molecule has 3 aromatic carbocycles. The van der Waals surface area contributed by atoms with E-state index in [2.05, 4.69) is 62.3 Å². The van der Waals surface area contributed by atoms with Crippen LogP contribution in [-0.4, -0.2) is 39.4 Å². The normalized spacial score (nSPS) is 16.1. The zero-order valence-corrected chi connectivity index (χ0v) is 23.1. The first-order chi connectivity index (χ1) is 17.5. The molecule has 0 atom stereocenters. The first-order valence-electron chi connectivity index (χ1n) is 12.9. The van der Waals surface area contributed by atoms with E-state index in [0.29, 0.717) is 18.3 Å². The average molecular weight is 527 g/mol. The van der Waals surface area contributed by atoms with Gasteiger partial charge in [0.1, 0.15) is 5.75 Å². The number of hydrogen-bond acceptors (Lipinski definition) is 3. The van der Waals surface area contributed by atoms with Crippen molar-refractivity contribution in [2.24, 2.45) is 0 Å². The van der Waals surface area contributed by atoms with Crippen molar-refractivity contribution in [3.63, 3.8) is 0 Å². The van der Waals surface area contributed by atoms with Gasteiger partial charge in [-0.3, -0.25) is 0 Å². The van der Waals surface area contributed by atoms with E-state index in [1.54, 1.807) is 6.07 Å². The second-order valence-corrected chi connectivity index (χ2v) is 15.3. The largest absolute Gasteiger partial charge is 0.534 e. The van der Waals surface area contributed by atoms with E-state index in [-0.39, 0.29) is 5.04 Å². The summed E-state index contributed by atoms with van der Waals surface area (Å²) in [5, 5.41) is 5.29. The fraction of sp³-hybridized carbons (Fsp3) is 0.400. The quantitative estimate of drug-likeness (QED) is 0.392. The summed E-state index contributed by atoms with van der Waals surface area (Å²) < 4.78 is 48.6. The van der Waals surface area contributed by atoms with Gasteiger partial charge in [-0.15, -0.1) is 0 Å². The molecule has 7 heteroatoms. The molecule has 0 saturated carbocycles. The minimum atomic E-state index is -4.45. The second kappa shape index (κ2) is 11.0. The maximum Gasteiger partial charge on any atom is 0.416 e. The van der Waals surface area contributed by atoms with Gasteiger partial charge in [-0.05, 0) is 60.5 Å². The third-order valence-electron chi connectivity index (χ3n) is 7.37. The Balaban J connectivity index is 1.81.